The summed E-state index contributed by atoms with van der Waals surface area (Å²) in [6.07, 6.45) is 0.762. The largest absolute Gasteiger partial charge is 0.484 e. The van der Waals surface area contributed by atoms with Gasteiger partial charge < -0.3 is 10.1 Å². The second-order valence-electron chi connectivity index (χ2n) is 4.74. The van der Waals surface area contributed by atoms with E-state index in [9.17, 15) is 9.59 Å². The lowest BCUT2D eigenvalue weighted by Crippen LogP contribution is -2.28. The third-order valence-corrected chi connectivity index (χ3v) is 3.00. The number of benzene rings is 2. The van der Waals surface area contributed by atoms with Gasteiger partial charge in [-0.3, -0.25) is 9.59 Å². The monoisotopic (exact) mass is 283 g/mol. The number of ether oxygens (including phenoxy) is 1. The van der Waals surface area contributed by atoms with E-state index in [0.717, 1.165) is 11.8 Å². The zero-order valence-electron chi connectivity index (χ0n) is 11.8. The van der Waals surface area contributed by atoms with Crippen molar-refractivity contribution in [1.82, 2.24) is 5.32 Å². The highest BCUT2D eigenvalue weighted by atomic mass is 16.5. The van der Waals surface area contributed by atoms with Crippen LogP contribution in [0.2, 0.25) is 0 Å². The fourth-order valence-electron chi connectivity index (χ4n) is 1.75. The van der Waals surface area contributed by atoms with Crippen molar-refractivity contribution in [3.63, 3.8) is 0 Å². The van der Waals surface area contributed by atoms with Gasteiger partial charge in [-0.2, -0.15) is 0 Å². The van der Waals surface area contributed by atoms with Crippen molar-refractivity contribution in [2.75, 3.05) is 6.61 Å². The van der Waals surface area contributed by atoms with E-state index in [1.165, 1.54) is 5.56 Å². The highest BCUT2D eigenvalue weighted by Crippen LogP contribution is 2.10. The topological polar surface area (TPSA) is 55.4 Å². The summed E-state index contributed by atoms with van der Waals surface area (Å²) in [5, 5.41) is 2.79. The lowest BCUT2D eigenvalue weighted by Gasteiger charge is -2.08. The van der Waals surface area contributed by atoms with E-state index in [-0.39, 0.29) is 12.5 Å². The number of aldehydes is 1. The average molecular weight is 283 g/mol. The Labute approximate surface area is 123 Å². The quantitative estimate of drug-likeness (QED) is 0.829. The fourth-order valence-corrected chi connectivity index (χ4v) is 1.75. The van der Waals surface area contributed by atoms with Crippen molar-refractivity contribution in [2.45, 2.75) is 13.5 Å². The third-order valence-electron chi connectivity index (χ3n) is 3.00. The van der Waals surface area contributed by atoms with E-state index in [2.05, 4.69) is 5.32 Å². The van der Waals surface area contributed by atoms with E-state index in [1.54, 1.807) is 24.3 Å². The van der Waals surface area contributed by atoms with Crippen molar-refractivity contribution < 1.29 is 14.3 Å². The third kappa shape index (κ3) is 4.76. The molecule has 0 heterocycles. The van der Waals surface area contributed by atoms with Crippen LogP contribution in [-0.2, 0) is 11.3 Å². The van der Waals surface area contributed by atoms with Gasteiger partial charge in [0, 0.05) is 12.1 Å². The molecule has 0 saturated heterocycles. The summed E-state index contributed by atoms with van der Waals surface area (Å²) in [5.41, 5.74) is 2.81. The molecule has 2 aromatic rings. The lowest BCUT2D eigenvalue weighted by molar-refractivity contribution is -0.123. The van der Waals surface area contributed by atoms with Crippen LogP contribution in [0.3, 0.4) is 0 Å². The summed E-state index contributed by atoms with van der Waals surface area (Å²) in [5.74, 6) is 0.376. The van der Waals surface area contributed by atoms with Crippen molar-refractivity contribution in [1.29, 1.82) is 0 Å². The van der Waals surface area contributed by atoms with Gasteiger partial charge in [-0.25, -0.2) is 0 Å². The van der Waals surface area contributed by atoms with E-state index in [0.29, 0.717) is 17.9 Å². The number of carbonyl (C=O) groups excluding carboxylic acids is 2. The molecule has 1 amide bonds. The Morgan fingerprint density at radius 2 is 1.76 bits per heavy atom. The molecule has 0 aliphatic carbocycles. The Balaban J connectivity index is 1.76. The maximum Gasteiger partial charge on any atom is 0.258 e. The minimum atomic E-state index is -0.185. The van der Waals surface area contributed by atoms with Gasteiger partial charge in [-0.05, 0) is 36.8 Å². The molecule has 1 N–H and O–H groups in total. The van der Waals surface area contributed by atoms with Gasteiger partial charge in [0.05, 0.1) is 0 Å². The molecule has 4 heteroatoms. The Bertz CT molecular complexity index is 603. The van der Waals surface area contributed by atoms with Crippen LogP contribution >= 0.6 is 0 Å². The van der Waals surface area contributed by atoms with Crippen LogP contribution in [0.4, 0.5) is 0 Å². The molecule has 2 rings (SSSR count). The van der Waals surface area contributed by atoms with Crippen molar-refractivity contribution in [3.05, 3.63) is 65.2 Å². The zero-order valence-corrected chi connectivity index (χ0v) is 11.8. The summed E-state index contributed by atoms with van der Waals surface area (Å²) in [4.78, 5) is 22.2. The van der Waals surface area contributed by atoms with Gasteiger partial charge in [-0.1, -0.05) is 29.8 Å². The Morgan fingerprint density at radius 1 is 1.10 bits per heavy atom. The molecule has 0 radical (unpaired) electrons. The van der Waals surface area contributed by atoms with Gasteiger partial charge in [0.2, 0.25) is 0 Å². The second kappa shape index (κ2) is 7.24. The van der Waals surface area contributed by atoms with Gasteiger partial charge in [-0.15, -0.1) is 0 Å². The molecule has 0 bridgehead atoms. The Hall–Kier alpha value is -2.62. The Morgan fingerprint density at radius 3 is 2.38 bits per heavy atom. The highest BCUT2D eigenvalue weighted by molar-refractivity contribution is 5.77. The molecular formula is C17H17NO3. The van der Waals surface area contributed by atoms with Crippen LogP contribution < -0.4 is 10.1 Å². The number of carbonyl (C=O) groups is 2. The zero-order chi connectivity index (χ0) is 15.1. The number of amides is 1. The molecule has 0 saturated carbocycles. The normalized spacial score (nSPS) is 9.95. The average Bonchev–Trinajstić information content (AvgIpc) is 2.53. The molecule has 0 aliphatic rings. The number of rotatable bonds is 6. The van der Waals surface area contributed by atoms with Crippen LogP contribution in [-0.4, -0.2) is 18.8 Å². The van der Waals surface area contributed by atoms with Crippen LogP contribution in [0.25, 0.3) is 0 Å². The summed E-state index contributed by atoms with van der Waals surface area (Å²) < 4.78 is 5.35. The molecule has 2 aromatic carbocycles. The number of aryl methyl sites for hydroxylation is 1. The first-order valence-electron chi connectivity index (χ1n) is 6.67. The van der Waals surface area contributed by atoms with Crippen LogP contribution in [0.5, 0.6) is 5.75 Å². The molecule has 4 nitrogen and oxygen atoms in total. The van der Waals surface area contributed by atoms with E-state index >= 15 is 0 Å². The van der Waals surface area contributed by atoms with Gasteiger partial charge in [0.1, 0.15) is 12.0 Å². The molecule has 108 valence electrons. The standard InChI is InChI=1S/C17H17NO3/c1-13-2-4-14(5-3-13)10-18-17(20)12-21-16-8-6-15(11-19)7-9-16/h2-9,11H,10,12H2,1H3,(H,18,20). The molecule has 21 heavy (non-hydrogen) atoms. The smallest absolute Gasteiger partial charge is 0.258 e. The maximum absolute atomic E-state index is 11.7. The molecular weight excluding hydrogens is 266 g/mol. The second-order valence-corrected chi connectivity index (χ2v) is 4.74. The molecule has 0 aromatic heterocycles. The van der Waals surface area contributed by atoms with Gasteiger partial charge in [0.15, 0.2) is 6.61 Å². The SMILES string of the molecule is Cc1ccc(CNC(=O)COc2ccc(C=O)cc2)cc1. The highest BCUT2D eigenvalue weighted by Gasteiger charge is 2.03. The summed E-state index contributed by atoms with van der Waals surface area (Å²) in [7, 11) is 0. The number of hydrogen-bond acceptors (Lipinski definition) is 3. The number of hydrogen-bond donors (Lipinski definition) is 1. The lowest BCUT2D eigenvalue weighted by atomic mass is 10.1. The van der Waals surface area contributed by atoms with Crippen LogP contribution in [0, 0.1) is 6.92 Å². The molecule has 0 fully saturated rings. The minimum absolute atomic E-state index is 0.0493. The van der Waals surface area contributed by atoms with Crippen molar-refractivity contribution in [2.24, 2.45) is 0 Å². The molecule has 0 aliphatic heterocycles. The Kier molecular flexibility index (Phi) is 5.10. The van der Waals surface area contributed by atoms with Gasteiger partial charge >= 0.3 is 0 Å². The predicted molar refractivity (Wildman–Crippen MR) is 80.4 cm³/mol. The van der Waals surface area contributed by atoms with E-state index in [1.807, 2.05) is 31.2 Å². The van der Waals surface area contributed by atoms with Crippen LogP contribution in [0.15, 0.2) is 48.5 Å². The molecule has 0 atom stereocenters. The van der Waals surface area contributed by atoms with Crippen molar-refractivity contribution in [3.8, 4) is 5.75 Å². The van der Waals surface area contributed by atoms with Crippen LogP contribution in [0.1, 0.15) is 21.5 Å². The fraction of sp³-hybridized carbons (Fsp3) is 0.176. The first-order chi connectivity index (χ1) is 10.2. The van der Waals surface area contributed by atoms with Gasteiger partial charge in [0.25, 0.3) is 5.91 Å². The summed E-state index contributed by atoms with van der Waals surface area (Å²) >= 11 is 0. The first kappa shape index (κ1) is 14.8. The maximum atomic E-state index is 11.7. The summed E-state index contributed by atoms with van der Waals surface area (Å²) in [6.45, 7) is 2.45. The number of nitrogens with one attached hydrogen (secondary N) is 1. The van der Waals surface area contributed by atoms with E-state index in [4.69, 9.17) is 4.74 Å². The summed E-state index contributed by atoms with van der Waals surface area (Å²) in [6, 6.07) is 14.6. The minimum Gasteiger partial charge on any atom is -0.484 e. The first-order valence-corrected chi connectivity index (χ1v) is 6.67. The predicted octanol–water partition coefficient (Wildman–Crippen LogP) is 2.50. The molecule has 0 spiro atoms. The molecule has 0 unspecified atom stereocenters. The van der Waals surface area contributed by atoms with Crippen molar-refractivity contribution >= 4 is 12.2 Å². The van der Waals surface area contributed by atoms with E-state index < -0.39 is 0 Å².